The second-order valence-electron chi connectivity index (χ2n) is 4.97. The van der Waals surface area contributed by atoms with E-state index in [0.29, 0.717) is 11.9 Å². The summed E-state index contributed by atoms with van der Waals surface area (Å²) < 4.78 is 5.27. The molecule has 0 aromatic carbocycles. The molecular weight excluding hydrogens is 214 g/mol. The van der Waals surface area contributed by atoms with E-state index in [1.807, 2.05) is 20.8 Å². The van der Waals surface area contributed by atoms with Crippen molar-refractivity contribution in [2.75, 3.05) is 5.88 Å². The molecule has 4 heteroatoms. The summed E-state index contributed by atoms with van der Waals surface area (Å²) in [5.41, 5.74) is -0.387. The van der Waals surface area contributed by atoms with Gasteiger partial charge >= 0.3 is 5.97 Å². The lowest BCUT2D eigenvalue weighted by atomic mass is 10.1. The summed E-state index contributed by atoms with van der Waals surface area (Å²) in [5, 5.41) is 3.13. The minimum absolute atomic E-state index is 0.0837. The van der Waals surface area contributed by atoms with E-state index in [-0.39, 0.29) is 17.6 Å². The van der Waals surface area contributed by atoms with E-state index in [1.54, 1.807) is 0 Å². The van der Waals surface area contributed by atoms with E-state index in [1.165, 1.54) is 0 Å². The minimum Gasteiger partial charge on any atom is -0.459 e. The van der Waals surface area contributed by atoms with Crippen LogP contribution in [0.1, 0.15) is 40.0 Å². The molecule has 0 aliphatic carbocycles. The maximum absolute atomic E-state index is 11.6. The second kappa shape index (κ2) is 5.17. The number of halogens is 1. The van der Waals surface area contributed by atoms with Gasteiger partial charge in [0.25, 0.3) is 0 Å². The molecule has 1 saturated heterocycles. The Labute approximate surface area is 96.5 Å². The van der Waals surface area contributed by atoms with Crippen LogP contribution < -0.4 is 5.32 Å². The van der Waals surface area contributed by atoms with Crippen LogP contribution in [-0.2, 0) is 9.53 Å². The molecule has 0 spiro atoms. The third-order valence-corrected chi connectivity index (χ3v) is 2.51. The fourth-order valence-electron chi connectivity index (χ4n) is 1.48. The van der Waals surface area contributed by atoms with Crippen molar-refractivity contribution in [2.45, 2.75) is 57.7 Å². The Morgan fingerprint density at radius 2 is 2.07 bits per heavy atom. The van der Waals surface area contributed by atoms with Crippen LogP contribution in [0.15, 0.2) is 0 Å². The number of unbranched alkanes of at least 4 members (excludes halogenated alkanes) is 1. The first kappa shape index (κ1) is 12.8. The summed E-state index contributed by atoms with van der Waals surface area (Å²) in [6, 6.07) is 0.225. The highest BCUT2D eigenvalue weighted by Crippen LogP contribution is 2.21. The van der Waals surface area contributed by atoms with E-state index >= 15 is 0 Å². The van der Waals surface area contributed by atoms with E-state index in [0.717, 1.165) is 19.3 Å². The monoisotopic (exact) mass is 233 g/mol. The first-order valence-electron chi connectivity index (χ1n) is 5.49. The summed E-state index contributed by atoms with van der Waals surface area (Å²) in [7, 11) is 0. The topological polar surface area (TPSA) is 48.2 Å². The zero-order valence-corrected chi connectivity index (χ0v) is 10.4. The van der Waals surface area contributed by atoms with Crippen molar-refractivity contribution in [3.63, 3.8) is 0 Å². The van der Waals surface area contributed by atoms with Crippen molar-refractivity contribution in [3.8, 4) is 0 Å². The Kier molecular flexibility index (Phi) is 4.41. The third-order valence-electron chi connectivity index (χ3n) is 2.25. The molecule has 0 amide bonds. The number of hydrogen-bond donors (Lipinski definition) is 1. The molecule has 0 aromatic heterocycles. The fraction of sp³-hybridized carbons (Fsp3) is 0.909. The van der Waals surface area contributed by atoms with Crippen LogP contribution in [0.4, 0.5) is 0 Å². The van der Waals surface area contributed by atoms with Crippen LogP contribution in [0.25, 0.3) is 0 Å². The van der Waals surface area contributed by atoms with Gasteiger partial charge in [-0.1, -0.05) is 6.42 Å². The highest BCUT2D eigenvalue weighted by Gasteiger charge is 2.43. The van der Waals surface area contributed by atoms with Gasteiger partial charge in [0.05, 0.1) is 0 Å². The van der Waals surface area contributed by atoms with Crippen LogP contribution >= 0.6 is 11.6 Å². The minimum atomic E-state index is -0.387. The summed E-state index contributed by atoms with van der Waals surface area (Å²) in [5.74, 6) is 0.572. The lowest BCUT2D eigenvalue weighted by molar-refractivity contribution is -0.154. The second-order valence-corrected chi connectivity index (χ2v) is 5.35. The van der Waals surface area contributed by atoms with Crippen LogP contribution in [0.2, 0.25) is 0 Å². The van der Waals surface area contributed by atoms with Gasteiger partial charge in [-0.15, -0.1) is 11.6 Å². The van der Waals surface area contributed by atoms with Gasteiger partial charge in [0, 0.05) is 11.9 Å². The molecule has 15 heavy (non-hydrogen) atoms. The van der Waals surface area contributed by atoms with Crippen molar-refractivity contribution in [2.24, 2.45) is 0 Å². The van der Waals surface area contributed by atoms with Gasteiger partial charge in [-0.05, 0) is 33.6 Å². The SMILES string of the molecule is CC(C)(C)OC(=O)C1NC1CCCCCl. The predicted octanol–water partition coefficient (Wildman–Crippen LogP) is 2.08. The summed E-state index contributed by atoms with van der Waals surface area (Å²) in [6.45, 7) is 5.65. The van der Waals surface area contributed by atoms with Crippen LogP contribution in [0.3, 0.4) is 0 Å². The fourth-order valence-corrected chi connectivity index (χ4v) is 1.67. The number of esters is 1. The van der Waals surface area contributed by atoms with Gasteiger partial charge < -0.3 is 4.74 Å². The molecule has 88 valence electrons. The Bertz CT molecular complexity index is 225. The van der Waals surface area contributed by atoms with Gasteiger partial charge in [-0.2, -0.15) is 0 Å². The third kappa shape index (κ3) is 4.85. The Balaban J connectivity index is 2.17. The molecule has 3 nitrogen and oxygen atoms in total. The van der Waals surface area contributed by atoms with Crippen molar-refractivity contribution < 1.29 is 9.53 Å². The lowest BCUT2D eigenvalue weighted by Crippen LogP contribution is -2.28. The molecule has 0 saturated carbocycles. The van der Waals surface area contributed by atoms with Crippen LogP contribution in [0, 0.1) is 0 Å². The van der Waals surface area contributed by atoms with E-state index in [9.17, 15) is 4.79 Å². The average molecular weight is 234 g/mol. The first-order valence-corrected chi connectivity index (χ1v) is 6.02. The highest BCUT2D eigenvalue weighted by molar-refractivity contribution is 6.17. The zero-order chi connectivity index (χ0) is 11.5. The molecule has 0 aromatic rings. The number of rotatable bonds is 5. The maximum atomic E-state index is 11.6. The average Bonchev–Trinajstić information content (AvgIpc) is 2.81. The van der Waals surface area contributed by atoms with Gasteiger partial charge in [0.1, 0.15) is 11.6 Å². The first-order chi connectivity index (χ1) is 6.94. The van der Waals surface area contributed by atoms with Crippen LogP contribution in [0.5, 0.6) is 0 Å². The van der Waals surface area contributed by atoms with Crippen molar-refractivity contribution in [1.29, 1.82) is 0 Å². The number of alkyl halides is 1. The molecular formula is C11H20ClNO2. The molecule has 1 heterocycles. The molecule has 1 N–H and O–H groups in total. The van der Waals surface area contributed by atoms with Gasteiger partial charge in [0.15, 0.2) is 0 Å². The smallest absolute Gasteiger partial charge is 0.325 e. The highest BCUT2D eigenvalue weighted by atomic mass is 35.5. The van der Waals surface area contributed by atoms with E-state index in [2.05, 4.69) is 5.32 Å². The number of nitrogens with one attached hydrogen (secondary N) is 1. The number of carbonyl (C=O) groups excluding carboxylic acids is 1. The van der Waals surface area contributed by atoms with E-state index in [4.69, 9.17) is 16.3 Å². The Hall–Kier alpha value is -0.280. The molecule has 2 atom stereocenters. The largest absolute Gasteiger partial charge is 0.459 e. The number of hydrogen-bond acceptors (Lipinski definition) is 3. The standard InChI is InChI=1S/C11H20ClNO2/c1-11(2,3)15-10(14)9-8(13-9)6-4-5-7-12/h8-9,13H,4-7H2,1-3H3. The van der Waals surface area contributed by atoms with Crippen molar-refractivity contribution in [3.05, 3.63) is 0 Å². The molecule has 2 unspecified atom stereocenters. The van der Waals surface area contributed by atoms with Gasteiger partial charge in [0.2, 0.25) is 0 Å². The maximum Gasteiger partial charge on any atom is 0.325 e. The van der Waals surface area contributed by atoms with Crippen molar-refractivity contribution >= 4 is 17.6 Å². The van der Waals surface area contributed by atoms with Crippen LogP contribution in [-0.4, -0.2) is 29.5 Å². The molecule has 0 radical (unpaired) electrons. The Morgan fingerprint density at radius 1 is 1.40 bits per heavy atom. The lowest BCUT2D eigenvalue weighted by Gasteiger charge is -2.19. The van der Waals surface area contributed by atoms with Crippen molar-refractivity contribution in [1.82, 2.24) is 5.32 Å². The summed E-state index contributed by atoms with van der Waals surface area (Å²) >= 11 is 5.58. The number of ether oxygens (including phenoxy) is 1. The quantitative estimate of drug-likeness (QED) is 0.342. The molecule has 1 aliphatic heterocycles. The summed E-state index contributed by atoms with van der Waals surface area (Å²) in [4.78, 5) is 11.6. The molecule has 1 fully saturated rings. The predicted molar refractivity (Wildman–Crippen MR) is 61.1 cm³/mol. The molecule has 1 aliphatic rings. The molecule has 0 bridgehead atoms. The Morgan fingerprint density at radius 3 is 2.60 bits per heavy atom. The number of carbonyl (C=O) groups is 1. The zero-order valence-electron chi connectivity index (χ0n) is 9.68. The summed E-state index contributed by atoms with van der Waals surface area (Å²) in [6.07, 6.45) is 3.10. The normalized spacial score (nSPS) is 25.1. The van der Waals surface area contributed by atoms with Gasteiger partial charge in [-0.25, -0.2) is 0 Å². The molecule has 1 rings (SSSR count). The van der Waals surface area contributed by atoms with E-state index < -0.39 is 0 Å². The van der Waals surface area contributed by atoms with Gasteiger partial charge in [-0.3, -0.25) is 10.1 Å².